The lowest BCUT2D eigenvalue weighted by molar-refractivity contribution is 0.312. The van der Waals surface area contributed by atoms with Gasteiger partial charge >= 0.3 is 0 Å². The molecular weight excluding hydrogens is 475 g/mol. The van der Waals surface area contributed by atoms with Gasteiger partial charge in [0.05, 0.1) is 0 Å². The van der Waals surface area contributed by atoms with Crippen LogP contribution in [0.15, 0.2) is 47.6 Å². The van der Waals surface area contributed by atoms with Crippen molar-refractivity contribution in [1.29, 1.82) is 0 Å². The molecule has 1 N–H and O–H groups in total. The van der Waals surface area contributed by atoms with E-state index < -0.39 is 0 Å². The zero-order valence-corrected chi connectivity index (χ0v) is 20.3. The van der Waals surface area contributed by atoms with Crippen LogP contribution in [0.3, 0.4) is 0 Å². The molecule has 2 heterocycles. The maximum absolute atomic E-state index is 4.67. The fraction of sp³-hybridized carbons (Fsp3) is 0.455. The van der Waals surface area contributed by atoms with Gasteiger partial charge in [-0.3, -0.25) is 4.99 Å². The Kier molecular flexibility index (Phi) is 9.16. The number of aryl methyl sites for hydroxylation is 1. The molecule has 0 amide bonds. The normalized spacial score (nSPS) is 15.0. The molecule has 1 aliphatic heterocycles. The van der Waals surface area contributed by atoms with Gasteiger partial charge < -0.3 is 20.0 Å². The van der Waals surface area contributed by atoms with E-state index in [0.717, 1.165) is 50.1 Å². The topological polar surface area (TPSA) is 47.0 Å². The van der Waals surface area contributed by atoms with Crippen LogP contribution in [0.2, 0.25) is 0 Å². The van der Waals surface area contributed by atoms with Crippen molar-refractivity contribution in [1.82, 2.24) is 20.1 Å². The Morgan fingerprint density at radius 2 is 1.72 bits per heavy atom. The minimum Gasteiger partial charge on any atom is -0.354 e. The average molecular weight is 508 g/mol. The maximum atomic E-state index is 4.67. The lowest BCUT2D eigenvalue weighted by Gasteiger charge is -2.33. The number of aromatic nitrogens is 1. The van der Waals surface area contributed by atoms with Crippen molar-refractivity contribution < 1.29 is 0 Å². The van der Waals surface area contributed by atoms with Crippen LogP contribution in [0.1, 0.15) is 16.7 Å². The lowest BCUT2D eigenvalue weighted by Crippen LogP contribution is -2.44. The summed E-state index contributed by atoms with van der Waals surface area (Å²) in [4.78, 5) is 15.9. The standard InChI is InChI=1S/C22H32N6.HI/c1-18-5-7-19(8-6-18)17-27(4)22(23-2)25-16-20-9-10-21(24-15-20)28-13-11-26(3)12-14-28;/h5-10,15H,11-14,16-17H2,1-4H3,(H,23,25);1H. The zero-order valence-electron chi connectivity index (χ0n) is 17.9. The van der Waals surface area contributed by atoms with Crippen LogP contribution in [-0.2, 0) is 13.1 Å². The molecule has 0 spiro atoms. The molecule has 6 nitrogen and oxygen atoms in total. The van der Waals surface area contributed by atoms with Gasteiger partial charge in [-0.1, -0.05) is 35.9 Å². The second kappa shape index (κ2) is 11.3. The average Bonchev–Trinajstić information content (AvgIpc) is 2.71. The van der Waals surface area contributed by atoms with E-state index in [2.05, 4.69) is 87.4 Å². The Morgan fingerprint density at radius 1 is 1.07 bits per heavy atom. The molecule has 0 atom stereocenters. The van der Waals surface area contributed by atoms with Crippen molar-refractivity contribution in [3.63, 3.8) is 0 Å². The Labute approximate surface area is 192 Å². The third-order valence-corrected chi connectivity index (χ3v) is 5.20. The van der Waals surface area contributed by atoms with E-state index in [4.69, 9.17) is 0 Å². The van der Waals surface area contributed by atoms with Crippen molar-refractivity contribution in [3.8, 4) is 0 Å². The van der Waals surface area contributed by atoms with Crippen molar-refractivity contribution >= 4 is 35.8 Å². The quantitative estimate of drug-likeness (QED) is 0.383. The third-order valence-electron chi connectivity index (χ3n) is 5.20. The lowest BCUT2D eigenvalue weighted by atomic mass is 10.1. The third kappa shape index (κ3) is 6.85. The molecule has 1 aromatic heterocycles. The highest BCUT2D eigenvalue weighted by Gasteiger charge is 2.15. The molecule has 0 radical (unpaired) electrons. The van der Waals surface area contributed by atoms with E-state index in [0.29, 0.717) is 6.54 Å². The van der Waals surface area contributed by atoms with Gasteiger partial charge in [-0.2, -0.15) is 0 Å². The number of nitrogens with zero attached hydrogens (tertiary/aromatic N) is 5. The van der Waals surface area contributed by atoms with Gasteiger partial charge in [0.1, 0.15) is 5.82 Å². The first kappa shape index (κ1) is 23.4. The number of rotatable bonds is 5. The Bertz CT molecular complexity index is 767. The summed E-state index contributed by atoms with van der Waals surface area (Å²) in [5.74, 6) is 1.95. The number of halogens is 1. The number of aliphatic imine (C=N–C) groups is 1. The Balaban J connectivity index is 0.00000300. The second-order valence-electron chi connectivity index (χ2n) is 7.56. The number of hydrogen-bond donors (Lipinski definition) is 1. The van der Waals surface area contributed by atoms with Gasteiger partial charge in [-0.15, -0.1) is 24.0 Å². The predicted octanol–water partition coefficient (Wildman–Crippen LogP) is 2.97. The summed E-state index contributed by atoms with van der Waals surface area (Å²) in [6, 6.07) is 12.9. The molecule has 158 valence electrons. The molecule has 0 saturated carbocycles. The smallest absolute Gasteiger partial charge is 0.193 e. The summed E-state index contributed by atoms with van der Waals surface area (Å²) in [6.07, 6.45) is 1.97. The monoisotopic (exact) mass is 508 g/mol. The highest BCUT2D eigenvalue weighted by Crippen LogP contribution is 2.13. The van der Waals surface area contributed by atoms with Crippen molar-refractivity contribution in [2.45, 2.75) is 20.0 Å². The van der Waals surface area contributed by atoms with Crippen molar-refractivity contribution in [2.75, 3.05) is 52.2 Å². The van der Waals surface area contributed by atoms with E-state index in [-0.39, 0.29) is 24.0 Å². The van der Waals surface area contributed by atoms with E-state index in [1.165, 1.54) is 11.1 Å². The van der Waals surface area contributed by atoms with E-state index in [1.54, 1.807) is 0 Å². The molecular formula is C22H33IN6. The van der Waals surface area contributed by atoms with Gasteiger partial charge in [0.25, 0.3) is 0 Å². The van der Waals surface area contributed by atoms with Crippen LogP contribution in [0, 0.1) is 6.92 Å². The number of benzene rings is 1. The summed E-state index contributed by atoms with van der Waals surface area (Å²) in [5, 5.41) is 3.44. The van der Waals surface area contributed by atoms with E-state index in [9.17, 15) is 0 Å². The van der Waals surface area contributed by atoms with E-state index >= 15 is 0 Å². The molecule has 7 heteroatoms. The highest BCUT2D eigenvalue weighted by molar-refractivity contribution is 14.0. The molecule has 1 aliphatic rings. The van der Waals surface area contributed by atoms with Gasteiger partial charge in [0.15, 0.2) is 5.96 Å². The molecule has 3 rings (SSSR count). The summed E-state index contributed by atoms with van der Waals surface area (Å²) in [5.41, 5.74) is 3.71. The van der Waals surface area contributed by atoms with Crippen molar-refractivity contribution in [2.24, 2.45) is 4.99 Å². The first-order chi connectivity index (χ1) is 13.5. The zero-order chi connectivity index (χ0) is 19.9. The number of piperazine rings is 1. The SMILES string of the molecule is CN=C(NCc1ccc(N2CCN(C)CC2)nc1)N(C)Cc1ccc(C)cc1.I. The van der Waals surface area contributed by atoms with Crippen LogP contribution in [-0.4, -0.2) is 68.1 Å². The summed E-state index contributed by atoms with van der Waals surface area (Å²) in [6.45, 7) is 7.90. The fourth-order valence-corrected chi connectivity index (χ4v) is 3.35. The van der Waals surface area contributed by atoms with Gasteiger partial charge in [-0.25, -0.2) is 4.98 Å². The Morgan fingerprint density at radius 3 is 2.31 bits per heavy atom. The van der Waals surface area contributed by atoms with Crippen LogP contribution < -0.4 is 10.2 Å². The van der Waals surface area contributed by atoms with Gasteiger partial charge in [0, 0.05) is 59.6 Å². The predicted molar refractivity (Wildman–Crippen MR) is 132 cm³/mol. The largest absolute Gasteiger partial charge is 0.354 e. The van der Waals surface area contributed by atoms with Crippen LogP contribution in [0.5, 0.6) is 0 Å². The number of nitrogens with one attached hydrogen (secondary N) is 1. The summed E-state index contributed by atoms with van der Waals surface area (Å²) in [7, 11) is 6.05. The van der Waals surface area contributed by atoms with Crippen LogP contribution in [0.25, 0.3) is 0 Å². The number of guanidine groups is 1. The molecule has 0 unspecified atom stereocenters. The van der Waals surface area contributed by atoms with Gasteiger partial charge in [-0.05, 0) is 31.2 Å². The minimum atomic E-state index is 0. The number of anilines is 1. The fourth-order valence-electron chi connectivity index (χ4n) is 3.35. The van der Waals surface area contributed by atoms with Gasteiger partial charge in [0.2, 0.25) is 0 Å². The molecule has 0 bridgehead atoms. The van der Waals surface area contributed by atoms with Crippen LogP contribution in [0.4, 0.5) is 5.82 Å². The summed E-state index contributed by atoms with van der Waals surface area (Å²) >= 11 is 0. The second-order valence-corrected chi connectivity index (χ2v) is 7.56. The van der Waals surface area contributed by atoms with Crippen LogP contribution >= 0.6 is 24.0 Å². The number of hydrogen-bond acceptors (Lipinski definition) is 4. The highest BCUT2D eigenvalue weighted by atomic mass is 127. The molecule has 1 saturated heterocycles. The molecule has 2 aromatic rings. The minimum absolute atomic E-state index is 0. The molecule has 29 heavy (non-hydrogen) atoms. The maximum Gasteiger partial charge on any atom is 0.193 e. The molecule has 1 aromatic carbocycles. The Hall–Kier alpha value is -1.87. The number of pyridine rings is 1. The number of likely N-dealkylation sites (N-methyl/N-ethyl adjacent to an activating group) is 1. The first-order valence-electron chi connectivity index (χ1n) is 9.91. The van der Waals surface area contributed by atoms with Crippen molar-refractivity contribution in [3.05, 3.63) is 59.3 Å². The summed E-state index contributed by atoms with van der Waals surface area (Å²) < 4.78 is 0. The van der Waals surface area contributed by atoms with E-state index in [1.807, 2.05) is 13.2 Å². The molecule has 1 fully saturated rings. The molecule has 0 aliphatic carbocycles. The first-order valence-corrected chi connectivity index (χ1v) is 9.91.